The third kappa shape index (κ3) is 5.43. The normalized spacial score (nSPS) is 10.4. The zero-order chi connectivity index (χ0) is 24.1. The van der Waals surface area contributed by atoms with Crippen molar-refractivity contribution in [2.75, 3.05) is 7.05 Å². The maximum atomic E-state index is 12.9. The summed E-state index contributed by atoms with van der Waals surface area (Å²) in [5.74, 6) is -3.02. The summed E-state index contributed by atoms with van der Waals surface area (Å²) in [5.41, 5.74) is 0.181. The van der Waals surface area contributed by atoms with Gasteiger partial charge in [0.25, 0.3) is 5.91 Å². The van der Waals surface area contributed by atoms with Gasteiger partial charge < -0.3 is 20.3 Å². The Kier molecular flexibility index (Phi) is 6.88. The lowest BCUT2D eigenvalue weighted by molar-refractivity contribution is 0.0688. The Morgan fingerprint density at radius 3 is 1.76 bits per heavy atom. The van der Waals surface area contributed by atoms with Crippen LogP contribution in [0.4, 0.5) is 0 Å². The third-order valence-corrected chi connectivity index (χ3v) is 4.94. The molecule has 0 aromatic heterocycles. The Morgan fingerprint density at radius 2 is 1.24 bits per heavy atom. The molecule has 0 saturated carbocycles. The zero-order valence-electron chi connectivity index (χ0n) is 17.9. The zero-order valence-corrected chi connectivity index (χ0v) is 17.9. The highest BCUT2D eigenvalue weighted by Crippen LogP contribution is 2.24. The summed E-state index contributed by atoms with van der Waals surface area (Å²) < 4.78 is 5.76. The first-order valence-electron chi connectivity index (χ1n) is 9.93. The molecule has 0 aliphatic carbocycles. The van der Waals surface area contributed by atoms with Crippen LogP contribution in [0.15, 0.2) is 60.7 Å². The fourth-order valence-corrected chi connectivity index (χ4v) is 3.21. The molecular weight excluding hydrogens is 426 g/mol. The first-order valence-corrected chi connectivity index (χ1v) is 9.93. The molecule has 3 aromatic carbocycles. The fraction of sp³-hybridized carbons (Fsp3) is 0.120. The van der Waals surface area contributed by atoms with Crippen LogP contribution < -0.4 is 10.1 Å². The highest BCUT2D eigenvalue weighted by Gasteiger charge is 2.25. The number of carboxylic acid groups (broad SMARTS) is 2. The lowest BCUT2D eigenvalue weighted by Crippen LogP contribution is -2.23. The predicted molar refractivity (Wildman–Crippen MR) is 119 cm³/mol. The number of Topliss-reactive ketones (excluding diaryl/α,β-unsaturated/α-hetero) is 1. The summed E-state index contributed by atoms with van der Waals surface area (Å²) in [6, 6.07) is 16.1. The number of hydrogen-bond acceptors (Lipinski definition) is 5. The van der Waals surface area contributed by atoms with Crippen LogP contribution >= 0.6 is 0 Å². The van der Waals surface area contributed by atoms with E-state index in [0.29, 0.717) is 17.1 Å². The van der Waals surface area contributed by atoms with Crippen LogP contribution in [0.5, 0.6) is 11.5 Å². The second-order valence-electron chi connectivity index (χ2n) is 7.29. The van der Waals surface area contributed by atoms with Crippen LogP contribution in [-0.4, -0.2) is 40.9 Å². The van der Waals surface area contributed by atoms with Crippen molar-refractivity contribution < 1.29 is 34.1 Å². The Labute approximate surface area is 189 Å². The molecule has 3 rings (SSSR count). The van der Waals surface area contributed by atoms with Crippen molar-refractivity contribution in [3.63, 3.8) is 0 Å². The molecule has 0 aliphatic heterocycles. The van der Waals surface area contributed by atoms with Gasteiger partial charge >= 0.3 is 11.9 Å². The van der Waals surface area contributed by atoms with Crippen LogP contribution in [-0.2, 0) is 6.42 Å². The maximum Gasteiger partial charge on any atom is 0.336 e. The summed E-state index contributed by atoms with van der Waals surface area (Å²) in [7, 11) is 1.31. The number of carboxylic acids is 2. The standard InChI is InChI=1S/C25H21NO7/c1-14-3-7-16(8-4-14)33-17-9-5-15(6-10-17)11-22(27)18-12-19(23(28)26-2)21(25(31)32)13-20(18)24(29)30/h3-10,12-13H,11H2,1-2H3,(H,26,28)(H,29,30)(H,31,32). The number of amides is 1. The van der Waals surface area contributed by atoms with Gasteiger partial charge in [0.05, 0.1) is 16.7 Å². The van der Waals surface area contributed by atoms with Gasteiger partial charge in [0, 0.05) is 19.0 Å². The molecule has 0 spiro atoms. The van der Waals surface area contributed by atoms with E-state index in [4.69, 9.17) is 4.74 Å². The molecule has 0 radical (unpaired) electrons. The number of rotatable bonds is 8. The molecule has 0 atom stereocenters. The van der Waals surface area contributed by atoms with Gasteiger partial charge in [-0.1, -0.05) is 29.8 Å². The first-order chi connectivity index (χ1) is 15.7. The lowest BCUT2D eigenvalue weighted by Gasteiger charge is -2.12. The van der Waals surface area contributed by atoms with Crippen molar-refractivity contribution in [1.82, 2.24) is 5.32 Å². The molecule has 0 aliphatic rings. The van der Waals surface area contributed by atoms with Gasteiger partial charge in [-0.05, 0) is 48.9 Å². The quantitative estimate of drug-likeness (QED) is 0.446. The van der Waals surface area contributed by atoms with Crippen molar-refractivity contribution in [2.24, 2.45) is 0 Å². The number of ether oxygens (including phenoxy) is 1. The smallest absolute Gasteiger partial charge is 0.336 e. The highest BCUT2D eigenvalue weighted by atomic mass is 16.5. The van der Waals surface area contributed by atoms with Crippen molar-refractivity contribution >= 4 is 23.6 Å². The minimum Gasteiger partial charge on any atom is -0.478 e. The van der Waals surface area contributed by atoms with Crippen LogP contribution in [0.2, 0.25) is 0 Å². The summed E-state index contributed by atoms with van der Waals surface area (Å²) in [4.78, 5) is 48.2. The number of aryl methyl sites for hydroxylation is 1. The average molecular weight is 447 g/mol. The lowest BCUT2D eigenvalue weighted by atomic mass is 9.93. The number of hydrogen-bond donors (Lipinski definition) is 3. The second kappa shape index (κ2) is 9.78. The molecule has 8 heteroatoms. The molecule has 0 unspecified atom stereocenters. The summed E-state index contributed by atoms with van der Waals surface area (Å²) in [6.45, 7) is 1.97. The largest absolute Gasteiger partial charge is 0.478 e. The van der Waals surface area contributed by atoms with E-state index in [1.165, 1.54) is 7.05 Å². The molecular formula is C25H21NO7. The molecule has 33 heavy (non-hydrogen) atoms. The Bertz CT molecular complexity index is 1230. The summed E-state index contributed by atoms with van der Waals surface area (Å²) in [5, 5.41) is 21.2. The van der Waals surface area contributed by atoms with E-state index in [2.05, 4.69) is 5.32 Å². The third-order valence-electron chi connectivity index (χ3n) is 4.94. The minimum atomic E-state index is -1.47. The second-order valence-corrected chi connectivity index (χ2v) is 7.29. The molecule has 3 N–H and O–H groups in total. The molecule has 8 nitrogen and oxygen atoms in total. The van der Waals surface area contributed by atoms with Crippen molar-refractivity contribution in [3.05, 3.63) is 94.0 Å². The SMILES string of the molecule is CNC(=O)c1cc(C(=O)Cc2ccc(Oc3ccc(C)cc3)cc2)c(C(=O)O)cc1C(=O)O. The van der Waals surface area contributed by atoms with E-state index in [1.807, 2.05) is 31.2 Å². The molecule has 1 amide bonds. The Hall–Kier alpha value is -4.46. The van der Waals surface area contributed by atoms with E-state index >= 15 is 0 Å². The minimum absolute atomic E-state index is 0.148. The predicted octanol–water partition coefficient (Wildman–Crippen LogP) is 3.97. The number of aromatic carboxylic acids is 2. The van der Waals surface area contributed by atoms with Crippen LogP contribution in [0.1, 0.15) is 52.6 Å². The number of carbonyl (C=O) groups excluding carboxylic acids is 2. The van der Waals surface area contributed by atoms with Crippen molar-refractivity contribution in [1.29, 1.82) is 0 Å². The molecule has 0 fully saturated rings. The highest BCUT2D eigenvalue weighted by molar-refractivity contribution is 6.12. The monoisotopic (exact) mass is 447 g/mol. The molecule has 0 saturated heterocycles. The van der Waals surface area contributed by atoms with E-state index in [1.54, 1.807) is 24.3 Å². The summed E-state index contributed by atoms with van der Waals surface area (Å²) in [6.07, 6.45) is -0.148. The van der Waals surface area contributed by atoms with Crippen LogP contribution in [0.3, 0.4) is 0 Å². The Morgan fingerprint density at radius 1 is 0.758 bits per heavy atom. The number of benzene rings is 3. The molecule has 3 aromatic rings. The van der Waals surface area contributed by atoms with Crippen LogP contribution in [0.25, 0.3) is 0 Å². The van der Waals surface area contributed by atoms with Crippen molar-refractivity contribution in [3.8, 4) is 11.5 Å². The maximum absolute atomic E-state index is 12.9. The summed E-state index contributed by atoms with van der Waals surface area (Å²) >= 11 is 0. The average Bonchev–Trinajstić information content (AvgIpc) is 2.80. The molecule has 168 valence electrons. The van der Waals surface area contributed by atoms with Gasteiger partial charge in [0.15, 0.2) is 5.78 Å². The van der Waals surface area contributed by atoms with Gasteiger partial charge in [-0.2, -0.15) is 0 Å². The number of ketones is 1. The van der Waals surface area contributed by atoms with Crippen molar-refractivity contribution in [2.45, 2.75) is 13.3 Å². The molecule has 0 heterocycles. The topological polar surface area (TPSA) is 130 Å². The van der Waals surface area contributed by atoms with Gasteiger partial charge in [-0.25, -0.2) is 9.59 Å². The van der Waals surface area contributed by atoms with Gasteiger partial charge in [0.2, 0.25) is 0 Å². The molecule has 0 bridgehead atoms. The van der Waals surface area contributed by atoms with Gasteiger partial charge in [-0.3, -0.25) is 9.59 Å². The van der Waals surface area contributed by atoms with Gasteiger partial charge in [-0.15, -0.1) is 0 Å². The number of nitrogens with one attached hydrogen (secondary N) is 1. The first kappa shape index (κ1) is 23.2. The van der Waals surface area contributed by atoms with Crippen LogP contribution in [0, 0.1) is 6.92 Å². The number of carbonyl (C=O) groups is 4. The van der Waals surface area contributed by atoms with E-state index in [9.17, 15) is 29.4 Å². The van der Waals surface area contributed by atoms with E-state index in [-0.39, 0.29) is 17.5 Å². The van der Waals surface area contributed by atoms with E-state index in [0.717, 1.165) is 17.7 Å². The van der Waals surface area contributed by atoms with Gasteiger partial charge in [0.1, 0.15) is 11.5 Å². The van der Waals surface area contributed by atoms with E-state index < -0.39 is 34.8 Å². The Balaban J connectivity index is 1.87. The fourth-order valence-electron chi connectivity index (χ4n) is 3.21.